The molecule has 5 heteroatoms. The molecule has 1 saturated heterocycles. The molecular weight excluding hydrogens is 248 g/mol. The second-order valence-corrected chi connectivity index (χ2v) is 7.06. The Morgan fingerprint density at radius 1 is 1.39 bits per heavy atom. The SMILES string of the molecule is CC1CC(CN)CN1c1ccccc1S(C)(=O)=O. The van der Waals surface area contributed by atoms with E-state index in [1.165, 1.54) is 6.26 Å². The summed E-state index contributed by atoms with van der Waals surface area (Å²) in [6, 6.07) is 7.54. The maximum Gasteiger partial charge on any atom is 0.177 e. The monoisotopic (exact) mass is 268 g/mol. The number of rotatable bonds is 3. The number of para-hydroxylation sites is 1. The highest BCUT2D eigenvalue weighted by atomic mass is 32.2. The lowest BCUT2D eigenvalue weighted by molar-refractivity contribution is 0.579. The van der Waals surface area contributed by atoms with Crippen molar-refractivity contribution >= 4 is 15.5 Å². The fraction of sp³-hybridized carbons (Fsp3) is 0.538. The maximum absolute atomic E-state index is 11.8. The Morgan fingerprint density at radius 3 is 2.61 bits per heavy atom. The van der Waals surface area contributed by atoms with E-state index >= 15 is 0 Å². The third kappa shape index (κ3) is 2.52. The first kappa shape index (κ1) is 13.4. The van der Waals surface area contributed by atoms with Crippen LogP contribution in [0.2, 0.25) is 0 Å². The van der Waals surface area contributed by atoms with Crippen LogP contribution in [0.25, 0.3) is 0 Å². The van der Waals surface area contributed by atoms with Crippen molar-refractivity contribution in [2.24, 2.45) is 11.7 Å². The number of nitrogens with zero attached hydrogens (tertiary/aromatic N) is 1. The Bertz CT molecular complexity index is 528. The van der Waals surface area contributed by atoms with Crippen LogP contribution < -0.4 is 10.6 Å². The molecular formula is C13H20N2O2S. The number of hydrogen-bond donors (Lipinski definition) is 1. The van der Waals surface area contributed by atoms with Crippen molar-refractivity contribution in [3.8, 4) is 0 Å². The van der Waals surface area contributed by atoms with Crippen LogP contribution in [-0.2, 0) is 9.84 Å². The van der Waals surface area contributed by atoms with Gasteiger partial charge >= 0.3 is 0 Å². The molecule has 2 N–H and O–H groups in total. The summed E-state index contributed by atoms with van der Waals surface area (Å²) in [4.78, 5) is 2.57. The fourth-order valence-corrected chi connectivity index (χ4v) is 3.55. The average molecular weight is 268 g/mol. The molecule has 1 aliphatic heterocycles. The molecule has 18 heavy (non-hydrogen) atoms. The van der Waals surface area contributed by atoms with Gasteiger partial charge in [0, 0.05) is 18.8 Å². The molecule has 4 nitrogen and oxygen atoms in total. The molecule has 1 aliphatic rings. The molecule has 0 saturated carbocycles. The smallest absolute Gasteiger partial charge is 0.177 e. The maximum atomic E-state index is 11.8. The summed E-state index contributed by atoms with van der Waals surface area (Å²) in [6.45, 7) is 3.61. The number of benzene rings is 1. The molecule has 0 amide bonds. The van der Waals surface area contributed by atoms with Gasteiger partial charge in [0.1, 0.15) is 0 Å². The molecule has 1 heterocycles. The summed E-state index contributed by atoms with van der Waals surface area (Å²) in [5.74, 6) is 0.451. The summed E-state index contributed by atoms with van der Waals surface area (Å²) < 4.78 is 23.6. The van der Waals surface area contributed by atoms with Gasteiger partial charge in [0.25, 0.3) is 0 Å². The lowest BCUT2D eigenvalue weighted by atomic mass is 10.1. The summed E-state index contributed by atoms with van der Waals surface area (Å²) in [7, 11) is -3.19. The van der Waals surface area contributed by atoms with Crippen LogP contribution in [-0.4, -0.2) is 33.8 Å². The van der Waals surface area contributed by atoms with Crippen LogP contribution >= 0.6 is 0 Å². The van der Waals surface area contributed by atoms with Gasteiger partial charge in [-0.1, -0.05) is 12.1 Å². The average Bonchev–Trinajstić information content (AvgIpc) is 2.69. The van der Waals surface area contributed by atoms with Crippen molar-refractivity contribution in [3.05, 3.63) is 24.3 Å². The highest BCUT2D eigenvalue weighted by Gasteiger charge is 2.30. The Kier molecular flexibility index (Phi) is 3.64. The Hall–Kier alpha value is -1.07. The number of anilines is 1. The van der Waals surface area contributed by atoms with Gasteiger partial charge in [0.05, 0.1) is 10.6 Å². The van der Waals surface area contributed by atoms with E-state index < -0.39 is 9.84 Å². The van der Waals surface area contributed by atoms with E-state index in [1.807, 2.05) is 12.1 Å². The summed E-state index contributed by atoms with van der Waals surface area (Å²) in [6.07, 6.45) is 2.28. The van der Waals surface area contributed by atoms with Gasteiger partial charge in [-0.3, -0.25) is 0 Å². The third-order valence-electron chi connectivity index (χ3n) is 3.57. The van der Waals surface area contributed by atoms with Crippen LogP contribution in [0.15, 0.2) is 29.2 Å². The fourth-order valence-electron chi connectivity index (χ4n) is 2.66. The lowest BCUT2D eigenvalue weighted by Gasteiger charge is -2.25. The van der Waals surface area contributed by atoms with Gasteiger partial charge in [-0.2, -0.15) is 0 Å². The summed E-state index contributed by atoms with van der Waals surface area (Å²) in [5, 5.41) is 0. The van der Waals surface area contributed by atoms with Gasteiger partial charge in [0.15, 0.2) is 9.84 Å². The van der Waals surface area contributed by atoms with Crippen LogP contribution in [0, 0.1) is 5.92 Å². The van der Waals surface area contributed by atoms with Crippen molar-refractivity contribution in [2.75, 3.05) is 24.2 Å². The van der Waals surface area contributed by atoms with Crippen molar-refractivity contribution in [3.63, 3.8) is 0 Å². The van der Waals surface area contributed by atoms with E-state index in [4.69, 9.17) is 5.73 Å². The van der Waals surface area contributed by atoms with E-state index in [2.05, 4.69) is 11.8 Å². The Balaban J connectivity index is 2.40. The molecule has 2 unspecified atom stereocenters. The van der Waals surface area contributed by atoms with E-state index in [-0.39, 0.29) is 0 Å². The van der Waals surface area contributed by atoms with Crippen LogP contribution in [0.1, 0.15) is 13.3 Å². The van der Waals surface area contributed by atoms with Gasteiger partial charge in [-0.15, -0.1) is 0 Å². The molecule has 0 bridgehead atoms. The zero-order valence-corrected chi connectivity index (χ0v) is 11.7. The van der Waals surface area contributed by atoms with Gasteiger partial charge in [-0.25, -0.2) is 8.42 Å². The van der Waals surface area contributed by atoms with Crippen LogP contribution in [0.3, 0.4) is 0 Å². The lowest BCUT2D eigenvalue weighted by Crippen LogP contribution is -2.28. The van der Waals surface area contributed by atoms with E-state index in [0.717, 1.165) is 18.7 Å². The van der Waals surface area contributed by atoms with E-state index in [9.17, 15) is 8.42 Å². The number of sulfone groups is 1. The Labute approximate surface area is 109 Å². The van der Waals surface area contributed by atoms with Crippen LogP contribution in [0.5, 0.6) is 0 Å². The molecule has 2 rings (SSSR count). The topological polar surface area (TPSA) is 63.4 Å². The minimum absolute atomic E-state index is 0.335. The predicted molar refractivity (Wildman–Crippen MR) is 73.5 cm³/mol. The first-order chi connectivity index (χ1) is 8.43. The van der Waals surface area contributed by atoms with Crippen LogP contribution in [0.4, 0.5) is 5.69 Å². The van der Waals surface area contributed by atoms with E-state index in [1.54, 1.807) is 12.1 Å². The van der Waals surface area contributed by atoms with Gasteiger partial charge in [-0.05, 0) is 37.9 Å². The molecule has 2 atom stereocenters. The first-order valence-corrected chi connectivity index (χ1v) is 8.08. The molecule has 0 spiro atoms. The molecule has 0 aromatic heterocycles. The normalized spacial score (nSPS) is 24.5. The number of nitrogens with two attached hydrogens (primary N) is 1. The molecule has 100 valence electrons. The Morgan fingerprint density at radius 2 is 2.06 bits per heavy atom. The van der Waals surface area contributed by atoms with Crippen molar-refractivity contribution in [1.82, 2.24) is 0 Å². The highest BCUT2D eigenvalue weighted by molar-refractivity contribution is 7.90. The summed E-state index contributed by atoms with van der Waals surface area (Å²) >= 11 is 0. The molecule has 1 aromatic carbocycles. The molecule has 0 aliphatic carbocycles. The van der Waals surface area contributed by atoms with Crippen molar-refractivity contribution in [1.29, 1.82) is 0 Å². The zero-order chi connectivity index (χ0) is 13.3. The predicted octanol–water partition coefficient (Wildman–Crippen LogP) is 1.26. The minimum Gasteiger partial charge on any atom is -0.367 e. The van der Waals surface area contributed by atoms with Gasteiger partial charge < -0.3 is 10.6 Å². The molecule has 1 fully saturated rings. The van der Waals surface area contributed by atoms with Crippen molar-refractivity contribution < 1.29 is 8.42 Å². The van der Waals surface area contributed by atoms with Crippen molar-refractivity contribution in [2.45, 2.75) is 24.3 Å². The third-order valence-corrected chi connectivity index (χ3v) is 4.71. The first-order valence-electron chi connectivity index (χ1n) is 6.19. The number of hydrogen-bond acceptors (Lipinski definition) is 4. The quantitative estimate of drug-likeness (QED) is 0.896. The highest BCUT2D eigenvalue weighted by Crippen LogP contribution is 2.33. The molecule has 1 aromatic rings. The largest absolute Gasteiger partial charge is 0.367 e. The zero-order valence-electron chi connectivity index (χ0n) is 10.8. The molecule has 0 radical (unpaired) electrons. The standard InChI is InChI=1S/C13H20N2O2S/c1-10-7-11(8-14)9-15(10)12-5-3-4-6-13(12)18(2,16)17/h3-6,10-11H,7-9,14H2,1-2H3. The summed E-state index contributed by atoms with van der Waals surface area (Å²) in [5.41, 5.74) is 6.52. The second kappa shape index (κ2) is 4.90. The second-order valence-electron chi connectivity index (χ2n) is 5.08. The minimum atomic E-state index is -3.19. The van der Waals surface area contributed by atoms with Gasteiger partial charge in [0.2, 0.25) is 0 Å². The van der Waals surface area contributed by atoms with E-state index in [0.29, 0.717) is 23.4 Å².